The predicted molar refractivity (Wildman–Crippen MR) is 107 cm³/mol. The van der Waals surface area contributed by atoms with Gasteiger partial charge in [-0.3, -0.25) is 0 Å². The number of fused-ring (bicyclic) bond motifs is 1. The highest BCUT2D eigenvalue weighted by Crippen LogP contribution is 2.35. The normalized spacial score (nSPS) is 10.9. The summed E-state index contributed by atoms with van der Waals surface area (Å²) in [7, 11) is 1.50. The summed E-state index contributed by atoms with van der Waals surface area (Å²) >= 11 is 0. The Labute approximate surface area is 141 Å². The molecule has 1 heteroatoms. The molecule has 0 spiro atoms. The number of benzene rings is 2. The molecule has 0 radical (unpaired) electrons. The van der Waals surface area contributed by atoms with Crippen LogP contribution in [0.2, 0.25) is 0 Å². The Morgan fingerprint density at radius 1 is 1.17 bits per heavy atom. The van der Waals surface area contributed by atoms with Crippen LogP contribution in [0.1, 0.15) is 50.3 Å². The van der Waals surface area contributed by atoms with Gasteiger partial charge in [0.2, 0.25) is 0 Å². The molecule has 122 valence electrons. The summed E-state index contributed by atoms with van der Waals surface area (Å²) in [4.78, 5) is 0. The zero-order chi connectivity index (χ0) is 17.4. The third-order valence-electron chi connectivity index (χ3n) is 3.94. The molecule has 23 heavy (non-hydrogen) atoms. The van der Waals surface area contributed by atoms with Gasteiger partial charge in [-0.05, 0) is 65.9 Å². The second kappa shape index (κ2) is 9.12. The summed E-state index contributed by atoms with van der Waals surface area (Å²) < 4.78 is 0. The number of nitrogens with two attached hydrogens (primary N) is 1. The van der Waals surface area contributed by atoms with Gasteiger partial charge in [0.1, 0.15) is 0 Å². The third-order valence-corrected chi connectivity index (χ3v) is 3.94. The Bertz CT molecular complexity index is 720. The first-order valence-corrected chi connectivity index (χ1v) is 8.21. The van der Waals surface area contributed by atoms with Crippen molar-refractivity contribution < 1.29 is 0 Å². The molecular weight excluding hydrogens is 278 g/mol. The van der Waals surface area contributed by atoms with Gasteiger partial charge < -0.3 is 5.73 Å². The minimum absolute atomic E-state index is 1.10. The lowest BCUT2D eigenvalue weighted by Crippen LogP contribution is -1.95. The second-order valence-electron chi connectivity index (χ2n) is 5.48. The summed E-state index contributed by atoms with van der Waals surface area (Å²) in [6.45, 7) is 14.6. The third kappa shape index (κ3) is 4.00. The minimum atomic E-state index is 1.10. The van der Waals surface area contributed by atoms with Gasteiger partial charge in [-0.1, -0.05) is 69.0 Å². The lowest BCUT2D eigenvalue weighted by atomic mass is 9.87. The number of hydrogen-bond acceptors (Lipinski definition) is 1. The van der Waals surface area contributed by atoms with E-state index < -0.39 is 0 Å². The van der Waals surface area contributed by atoms with E-state index >= 15 is 0 Å². The highest BCUT2D eigenvalue weighted by atomic mass is 14.4. The fourth-order valence-electron chi connectivity index (χ4n) is 2.99. The second-order valence-corrected chi connectivity index (χ2v) is 5.48. The molecule has 0 unspecified atom stereocenters. The van der Waals surface area contributed by atoms with Gasteiger partial charge >= 0.3 is 0 Å². The van der Waals surface area contributed by atoms with Crippen molar-refractivity contribution in [1.82, 2.24) is 0 Å². The SMILES string of the molecule is C=Cc1cccc2ccc(/C(=C\C)CCC)c(C(=C)C)c12.CN. The van der Waals surface area contributed by atoms with E-state index in [-0.39, 0.29) is 0 Å². The number of hydrogen-bond donors (Lipinski definition) is 1. The van der Waals surface area contributed by atoms with Crippen molar-refractivity contribution in [1.29, 1.82) is 0 Å². The van der Waals surface area contributed by atoms with Crippen LogP contribution in [0.5, 0.6) is 0 Å². The van der Waals surface area contributed by atoms with Gasteiger partial charge in [0.15, 0.2) is 0 Å². The highest BCUT2D eigenvalue weighted by molar-refractivity contribution is 6.02. The van der Waals surface area contributed by atoms with Crippen LogP contribution in [-0.2, 0) is 0 Å². The van der Waals surface area contributed by atoms with Crippen LogP contribution in [0.4, 0.5) is 0 Å². The molecule has 2 N–H and O–H groups in total. The summed E-state index contributed by atoms with van der Waals surface area (Å²) in [5.41, 5.74) is 10.8. The maximum atomic E-state index is 4.50. The maximum absolute atomic E-state index is 4.50. The van der Waals surface area contributed by atoms with Crippen molar-refractivity contribution in [3.8, 4) is 0 Å². The number of allylic oxidation sites excluding steroid dienone is 3. The molecule has 0 heterocycles. The first-order chi connectivity index (χ1) is 11.1. The van der Waals surface area contributed by atoms with E-state index in [9.17, 15) is 0 Å². The topological polar surface area (TPSA) is 26.0 Å². The molecule has 1 nitrogen and oxygen atoms in total. The Morgan fingerprint density at radius 2 is 1.87 bits per heavy atom. The van der Waals surface area contributed by atoms with E-state index in [0.29, 0.717) is 0 Å². The molecule has 2 aromatic rings. The maximum Gasteiger partial charge on any atom is -0.00305 e. The van der Waals surface area contributed by atoms with Gasteiger partial charge in [-0.2, -0.15) is 0 Å². The summed E-state index contributed by atoms with van der Waals surface area (Å²) in [5, 5.41) is 2.52. The molecule has 0 fully saturated rings. The summed E-state index contributed by atoms with van der Waals surface area (Å²) in [6, 6.07) is 10.8. The monoisotopic (exact) mass is 307 g/mol. The van der Waals surface area contributed by atoms with E-state index in [2.05, 4.69) is 76.1 Å². The van der Waals surface area contributed by atoms with Crippen LogP contribution < -0.4 is 5.73 Å². The molecular formula is C22H29N. The average molecular weight is 307 g/mol. The van der Waals surface area contributed by atoms with E-state index in [0.717, 1.165) is 18.4 Å². The van der Waals surface area contributed by atoms with Crippen LogP contribution in [0.3, 0.4) is 0 Å². The standard InChI is InChI=1S/C21H24.CH5N/c1-6-10-16(7-2)19-14-13-18-12-9-11-17(8-3)21(18)20(19)15(4)5;1-2/h7-9,11-14H,3-4,6,10H2,1-2,5H3;2H2,1H3/b16-7-;. The first kappa shape index (κ1) is 18.9. The Kier molecular flexibility index (Phi) is 7.50. The highest BCUT2D eigenvalue weighted by Gasteiger charge is 2.13. The van der Waals surface area contributed by atoms with Gasteiger partial charge in [-0.15, -0.1) is 0 Å². The number of rotatable bonds is 5. The van der Waals surface area contributed by atoms with Crippen molar-refractivity contribution in [2.45, 2.75) is 33.6 Å². The zero-order valence-electron chi connectivity index (χ0n) is 14.9. The molecule has 0 aliphatic rings. The first-order valence-electron chi connectivity index (χ1n) is 8.21. The van der Waals surface area contributed by atoms with Gasteiger partial charge in [-0.25, -0.2) is 0 Å². The van der Waals surface area contributed by atoms with Crippen molar-refractivity contribution in [3.63, 3.8) is 0 Å². The lowest BCUT2D eigenvalue weighted by Gasteiger charge is -2.17. The Balaban J connectivity index is 0.00000127. The van der Waals surface area contributed by atoms with E-state index in [1.54, 1.807) is 0 Å². The Hall–Kier alpha value is -2.12. The van der Waals surface area contributed by atoms with Gasteiger partial charge in [0, 0.05) is 0 Å². The fraction of sp³-hybridized carbons (Fsp3) is 0.273. The molecule has 0 bridgehead atoms. The van der Waals surface area contributed by atoms with Crippen molar-refractivity contribution in [2.75, 3.05) is 7.05 Å². The molecule has 2 rings (SSSR count). The van der Waals surface area contributed by atoms with Crippen LogP contribution >= 0.6 is 0 Å². The van der Waals surface area contributed by atoms with Crippen molar-refractivity contribution in [3.05, 3.63) is 66.3 Å². The quantitative estimate of drug-likeness (QED) is 0.689. The molecule has 0 aromatic heterocycles. The van der Waals surface area contributed by atoms with Gasteiger partial charge in [0.25, 0.3) is 0 Å². The van der Waals surface area contributed by atoms with E-state index in [1.807, 2.05) is 6.08 Å². The predicted octanol–water partition coefficient (Wildman–Crippen LogP) is 6.29. The van der Waals surface area contributed by atoms with Crippen LogP contribution in [-0.4, -0.2) is 7.05 Å². The lowest BCUT2D eigenvalue weighted by molar-refractivity contribution is 0.972. The van der Waals surface area contributed by atoms with E-state index in [1.165, 1.54) is 40.1 Å². The Morgan fingerprint density at radius 3 is 2.39 bits per heavy atom. The van der Waals surface area contributed by atoms with Crippen LogP contribution in [0, 0.1) is 0 Å². The minimum Gasteiger partial charge on any atom is -0.333 e. The zero-order valence-corrected chi connectivity index (χ0v) is 14.9. The molecule has 0 aliphatic heterocycles. The van der Waals surface area contributed by atoms with Crippen molar-refractivity contribution >= 4 is 28.0 Å². The van der Waals surface area contributed by atoms with Gasteiger partial charge in [0.05, 0.1) is 0 Å². The van der Waals surface area contributed by atoms with Crippen LogP contribution in [0.25, 0.3) is 28.0 Å². The molecule has 0 atom stereocenters. The van der Waals surface area contributed by atoms with Crippen LogP contribution in [0.15, 0.2) is 49.6 Å². The molecule has 2 aromatic carbocycles. The largest absolute Gasteiger partial charge is 0.333 e. The fourth-order valence-corrected chi connectivity index (χ4v) is 2.99. The molecule has 0 saturated carbocycles. The molecule has 0 amide bonds. The van der Waals surface area contributed by atoms with E-state index in [4.69, 9.17) is 0 Å². The summed E-state index contributed by atoms with van der Waals surface area (Å²) in [6.07, 6.45) is 6.41. The smallest absolute Gasteiger partial charge is 0.00305 e. The molecule has 0 aliphatic carbocycles. The molecule has 0 saturated heterocycles. The average Bonchev–Trinajstić information content (AvgIpc) is 2.59. The summed E-state index contributed by atoms with van der Waals surface area (Å²) in [5.74, 6) is 0. The van der Waals surface area contributed by atoms with Crippen molar-refractivity contribution in [2.24, 2.45) is 5.73 Å².